The van der Waals surface area contributed by atoms with Crippen molar-refractivity contribution in [3.8, 4) is 5.75 Å². The molecule has 0 heterocycles. The second-order valence-electron chi connectivity index (χ2n) is 4.53. The Balaban J connectivity index is 0.00000361. The minimum Gasteiger partial charge on any atom is -0.491 e. The third-order valence-electron chi connectivity index (χ3n) is 2.73. The van der Waals surface area contributed by atoms with E-state index in [0.717, 1.165) is 11.3 Å². The van der Waals surface area contributed by atoms with Crippen LogP contribution in [-0.2, 0) is 0 Å². The van der Waals surface area contributed by atoms with Gasteiger partial charge in [0.15, 0.2) is 0 Å². The lowest BCUT2D eigenvalue weighted by Crippen LogP contribution is -2.38. The van der Waals surface area contributed by atoms with Gasteiger partial charge in [0.1, 0.15) is 18.5 Å². The van der Waals surface area contributed by atoms with E-state index in [9.17, 15) is 5.11 Å². The van der Waals surface area contributed by atoms with Crippen LogP contribution in [0.2, 0.25) is 0 Å². The summed E-state index contributed by atoms with van der Waals surface area (Å²) in [6.07, 6.45) is -0.654. The minimum absolute atomic E-state index is 0. The SMILES string of the molecule is Cc1cccc(OCC(O)CN(CCO)CCO)c1.Cl. The zero-order chi connectivity index (χ0) is 14.1. The van der Waals surface area contributed by atoms with Crippen molar-refractivity contribution in [2.24, 2.45) is 0 Å². The monoisotopic (exact) mass is 305 g/mol. The maximum absolute atomic E-state index is 9.87. The second-order valence-corrected chi connectivity index (χ2v) is 4.53. The number of aliphatic hydroxyl groups is 3. The van der Waals surface area contributed by atoms with Crippen LogP contribution in [0.25, 0.3) is 0 Å². The highest BCUT2D eigenvalue weighted by molar-refractivity contribution is 5.85. The maximum Gasteiger partial charge on any atom is 0.119 e. The fourth-order valence-electron chi connectivity index (χ4n) is 1.83. The standard InChI is InChI=1S/C14H23NO4.ClH/c1-12-3-2-4-14(9-12)19-11-13(18)10-15(5-7-16)6-8-17;/h2-4,9,13,16-18H,5-8,10-11H2,1H3;1H. The lowest BCUT2D eigenvalue weighted by Gasteiger charge is -2.23. The number of hydrogen-bond donors (Lipinski definition) is 3. The quantitative estimate of drug-likeness (QED) is 0.617. The molecule has 0 aliphatic rings. The third kappa shape index (κ3) is 7.67. The summed E-state index contributed by atoms with van der Waals surface area (Å²) in [5, 5.41) is 27.6. The van der Waals surface area contributed by atoms with Crippen LogP contribution < -0.4 is 4.74 Å². The first-order chi connectivity index (χ1) is 9.15. The number of aryl methyl sites for hydroxylation is 1. The molecule has 0 spiro atoms. The molecule has 1 aromatic carbocycles. The van der Waals surface area contributed by atoms with Gasteiger partial charge in [0.2, 0.25) is 0 Å². The molecular weight excluding hydrogens is 282 g/mol. The molecule has 0 fully saturated rings. The van der Waals surface area contributed by atoms with E-state index >= 15 is 0 Å². The van der Waals surface area contributed by atoms with Gasteiger partial charge in [-0.1, -0.05) is 12.1 Å². The van der Waals surface area contributed by atoms with Crippen LogP contribution in [0.15, 0.2) is 24.3 Å². The Kier molecular flexibility index (Phi) is 10.4. The highest BCUT2D eigenvalue weighted by Crippen LogP contribution is 2.12. The topological polar surface area (TPSA) is 73.2 Å². The molecule has 3 N–H and O–H groups in total. The Morgan fingerprint density at radius 2 is 1.85 bits per heavy atom. The van der Waals surface area contributed by atoms with Gasteiger partial charge in [0.05, 0.1) is 13.2 Å². The largest absolute Gasteiger partial charge is 0.491 e. The minimum atomic E-state index is -0.654. The molecule has 1 aromatic rings. The van der Waals surface area contributed by atoms with Crippen molar-refractivity contribution in [2.45, 2.75) is 13.0 Å². The van der Waals surface area contributed by atoms with Crippen LogP contribution in [0, 0.1) is 6.92 Å². The van der Waals surface area contributed by atoms with Gasteiger partial charge >= 0.3 is 0 Å². The molecule has 0 aromatic heterocycles. The summed E-state index contributed by atoms with van der Waals surface area (Å²) in [7, 11) is 0. The van der Waals surface area contributed by atoms with Crippen molar-refractivity contribution in [2.75, 3.05) is 39.5 Å². The van der Waals surface area contributed by atoms with Crippen molar-refractivity contribution in [3.05, 3.63) is 29.8 Å². The smallest absolute Gasteiger partial charge is 0.119 e. The fourth-order valence-corrected chi connectivity index (χ4v) is 1.83. The van der Waals surface area contributed by atoms with Crippen molar-refractivity contribution >= 4 is 12.4 Å². The molecule has 0 radical (unpaired) electrons. The van der Waals surface area contributed by atoms with E-state index in [1.165, 1.54) is 0 Å². The summed E-state index contributed by atoms with van der Waals surface area (Å²) in [5.74, 6) is 0.731. The molecule has 5 nitrogen and oxygen atoms in total. The first-order valence-electron chi connectivity index (χ1n) is 6.47. The highest BCUT2D eigenvalue weighted by atomic mass is 35.5. The van der Waals surface area contributed by atoms with E-state index in [0.29, 0.717) is 19.6 Å². The Morgan fingerprint density at radius 1 is 1.20 bits per heavy atom. The number of benzene rings is 1. The summed E-state index contributed by atoms with van der Waals surface area (Å²) in [4.78, 5) is 1.80. The summed E-state index contributed by atoms with van der Waals surface area (Å²) in [6, 6.07) is 7.64. The van der Waals surface area contributed by atoms with Gasteiger partial charge in [-0.3, -0.25) is 4.90 Å². The average Bonchev–Trinajstić information content (AvgIpc) is 2.37. The molecule has 116 valence electrons. The summed E-state index contributed by atoms with van der Waals surface area (Å²) >= 11 is 0. The van der Waals surface area contributed by atoms with Crippen molar-refractivity contribution in [1.29, 1.82) is 0 Å². The zero-order valence-corrected chi connectivity index (χ0v) is 12.6. The molecule has 1 atom stereocenters. The van der Waals surface area contributed by atoms with Gasteiger partial charge in [-0.15, -0.1) is 12.4 Å². The van der Waals surface area contributed by atoms with E-state index in [2.05, 4.69) is 0 Å². The van der Waals surface area contributed by atoms with Crippen molar-refractivity contribution in [3.63, 3.8) is 0 Å². The Labute approximate surface area is 126 Å². The molecule has 0 bridgehead atoms. The first kappa shape index (κ1) is 19.1. The van der Waals surface area contributed by atoms with Gasteiger partial charge in [0, 0.05) is 19.6 Å². The van der Waals surface area contributed by atoms with Gasteiger partial charge in [-0.2, -0.15) is 0 Å². The molecule has 6 heteroatoms. The highest BCUT2D eigenvalue weighted by Gasteiger charge is 2.11. The molecule has 0 amide bonds. The molecule has 0 aliphatic heterocycles. The van der Waals surface area contributed by atoms with Crippen molar-refractivity contribution in [1.82, 2.24) is 4.90 Å². The van der Waals surface area contributed by atoms with E-state index in [-0.39, 0.29) is 32.2 Å². The van der Waals surface area contributed by atoms with Crippen LogP contribution in [0.3, 0.4) is 0 Å². The van der Waals surface area contributed by atoms with Crippen LogP contribution in [0.5, 0.6) is 5.75 Å². The molecule has 0 saturated heterocycles. The number of halogens is 1. The number of hydrogen-bond acceptors (Lipinski definition) is 5. The molecule has 1 unspecified atom stereocenters. The van der Waals surface area contributed by atoms with Crippen LogP contribution in [0.4, 0.5) is 0 Å². The number of rotatable bonds is 9. The van der Waals surface area contributed by atoms with E-state index in [1.54, 1.807) is 4.90 Å². The van der Waals surface area contributed by atoms with Gasteiger partial charge in [-0.05, 0) is 24.6 Å². The van der Waals surface area contributed by atoms with E-state index in [1.807, 2.05) is 31.2 Å². The van der Waals surface area contributed by atoms with E-state index in [4.69, 9.17) is 14.9 Å². The Bertz CT molecular complexity index is 359. The maximum atomic E-state index is 9.87. The molecular formula is C14H24ClNO4. The molecule has 1 rings (SSSR count). The average molecular weight is 306 g/mol. The van der Waals surface area contributed by atoms with E-state index < -0.39 is 6.10 Å². The Morgan fingerprint density at radius 3 is 2.40 bits per heavy atom. The second kappa shape index (κ2) is 10.9. The summed E-state index contributed by atoms with van der Waals surface area (Å²) in [6.45, 7) is 3.41. The Hall–Kier alpha value is -0.850. The lowest BCUT2D eigenvalue weighted by atomic mass is 10.2. The number of aliphatic hydroxyl groups excluding tert-OH is 3. The molecule has 0 aliphatic carbocycles. The number of ether oxygens (including phenoxy) is 1. The van der Waals surface area contributed by atoms with Gasteiger partial charge in [-0.25, -0.2) is 0 Å². The fraction of sp³-hybridized carbons (Fsp3) is 0.571. The predicted octanol–water partition coefficient (Wildman–Crippen LogP) is 0.443. The normalized spacial score (nSPS) is 12.1. The van der Waals surface area contributed by atoms with Gasteiger partial charge < -0.3 is 20.1 Å². The molecule has 0 saturated carbocycles. The van der Waals surface area contributed by atoms with Gasteiger partial charge in [0.25, 0.3) is 0 Å². The summed E-state index contributed by atoms with van der Waals surface area (Å²) < 4.78 is 5.50. The first-order valence-corrected chi connectivity index (χ1v) is 6.47. The number of nitrogens with zero attached hydrogens (tertiary/aromatic N) is 1. The predicted molar refractivity (Wildman–Crippen MR) is 80.5 cm³/mol. The van der Waals surface area contributed by atoms with Crippen LogP contribution >= 0.6 is 12.4 Å². The van der Waals surface area contributed by atoms with Crippen molar-refractivity contribution < 1.29 is 20.1 Å². The summed E-state index contributed by atoms with van der Waals surface area (Å²) in [5.41, 5.74) is 1.11. The third-order valence-corrected chi connectivity index (χ3v) is 2.73. The van der Waals surface area contributed by atoms with Crippen LogP contribution in [-0.4, -0.2) is 65.8 Å². The van der Waals surface area contributed by atoms with Crippen LogP contribution in [0.1, 0.15) is 5.56 Å². The molecule has 20 heavy (non-hydrogen) atoms. The lowest BCUT2D eigenvalue weighted by molar-refractivity contribution is 0.0552. The zero-order valence-electron chi connectivity index (χ0n) is 11.7.